The predicted molar refractivity (Wildman–Crippen MR) is 156 cm³/mol. The number of nitrogens with zero attached hydrogens (tertiary/aromatic N) is 1. The Morgan fingerprint density at radius 1 is 0.667 bits per heavy atom. The van der Waals surface area contributed by atoms with E-state index in [0.29, 0.717) is 0 Å². The molecule has 0 amide bonds. The van der Waals surface area contributed by atoms with Crippen LogP contribution in [-0.2, 0) is 6.42 Å². The molecule has 36 heavy (non-hydrogen) atoms. The van der Waals surface area contributed by atoms with Crippen LogP contribution in [0.3, 0.4) is 0 Å². The van der Waals surface area contributed by atoms with Crippen molar-refractivity contribution in [1.82, 2.24) is 4.98 Å². The molecule has 1 aliphatic rings. The van der Waals surface area contributed by atoms with Crippen molar-refractivity contribution in [2.75, 3.05) is 6.61 Å². The van der Waals surface area contributed by atoms with E-state index in [1.807, 2.05) is 0 Å². The van der Waals surface area contributed by atoms with Crippen molar-refractivity contribution in [3.05, 3.63) is 48.2 Å². The normalized spacial score (nSPS) is 17.8. The second kappa shape index (κ2) is 17.6. The highest BCUT2D eigenvalue weighted by atomic mass is 16.5. The van der Waals surface area contributed by atoms with Gasteiger partial charge in [0.1, 0.15) is 5.75 Å². The lowest BCUT2D eigenvalue weighted by Crippen LogP contribution is -2.20. The summed E-state index contributed by atoms with van der Waals surface area (Å²) in [5.41, 5.74) is 3.58. The summed E-state index contributed by atoms with van der Waals surface area (Å²) in [5, 5.41) is 0. The van der Waals surface area contributed by atoms with Crippen LogP contribution >= 0.6 is 0 Å². The Kier molecular flexibility index (Phi) is 14.0. The average Bonchev–Trinajstić information content (AvgIpc) is 2.93. The molecular formula is C34H53NO. The van der Waals surface area contributed by atoms with E-state index in [4.69, 9.17) is 9.72 Å². The molecule has 0 bridgehead atoms. The van der Waals surface area contributed by atoms with Gasteiger partial charge in [0.15, 0.2) is 0 Å². The van der Waals surface area contributed by atoms with Crippen molar-refractivity contribution in [3.8, 4) is 17.0 Å². The predicted octanol–water partition coefficient (Wildman–Crippen LogP) is 10.6. The number of aromatic nitrogens is 1. The third-order valence-electron chi connectivity index (χ3n) is 8.21. The Balaban J connectivity index is 1.31. The number of hydrogen-bond acceptors (Lipinski definition) is 2. The number of rotatable bonds is 18. The van der Waals surface area contributed by atoms with Crippen molar-refractivity contribution in [2.45, 2.75) is 129 Å². The van der Waals surface area contributed by atoms with Gasteiger partial charge in [0.05, 0.1) is 12.3 Å². The van der Waals surface area contributed by atoms with Gasteiger partial charge in [-0.25, -0.2) is 0 Å². The van der Waals surface area contributed by atoms with Crippen LogP contribution in [0.25, 0.3) is 11.3 Å². The highest BCUT2D eigenvalue weighted by Gasteiger charge is 2.21. The van der Waals surface area contributed by atoms with E-state index in [1.54, 1.807) is 0 Å². The summed E-state index contributed by atoms with van der Waals surface area (Å²) in [6.07, 6.45) is 26.7. The van der Waals surface area contributed by atoms with Gasteiger partial charge in [-0.15, -0.1) is 0 Å². The number of ether oxygens (including phenoxy) is 1. The molecule has 2 heteroatoms. The average molecular weight is 492 g/mol. The van der Waals surface area contributed by atoms with E-state index in [-0.39, 0.29) is 0 Å². The molecule has 1 heterocycles. The zero-order valence-corrected chi connectivity index (χ0v) is 23.5. The quantitative estimate of drug-likeness (QED) is 0.193. The van der Waals surface area contributed by atoms with E-state index in [9.17, 15) is 0 Å². The second-order valence-corrected chi connectivity index (χ2v) is 11.3. The van der Waals surface area contributed by atoms with Crippen molar-refractivity contribution < 1.29 is 4.74 Å². The van der Waals surface area contributed by atoms with Gasteiger partial charge < -0.3 is 4.74 Å². The Morgan fingerprint density at radius 3 is 1.92 bits per heavy atom. The largest absolute Gasteiger partial charge is 0.493 e. The number of pyridine rings is 1. The van der Waals surface area contributed by atoms with Crippen LogP contribution in [0.1, 0.15) is 129 Å². The standard InChI is InChI=1S/C34H53NO/c1-3-5-7-9-10-12-14-16-30-21-26-34(35-27-30)32-22-24-33(25-23-32)36-28-31-19-17-29(18-20-31)15-13-11-8-6-4-2/h21-27,29,31H,3-20,28H2,1-2H3/t29-,31-. The van der Waals surface area contributed by atoms with Gasteiger partial charge >= 0.3 is 0 Å². The Labute approximate surface area is 222 Å². The molecular weight excluding hydrogens is 438 g/mol. The van der Waals surface area contributed by atoms with Crippen LogP contribution in [0, 0.1) is 11.8 Å². The third kappa shape index (κ3) is 11.1. The second-order valence-electron chi connectivity index (χ2n) is 11.3. The molecule has 0 N–H and O–H groups in total. The summed E-state index contributed by atoms with van der Waals surface area (Å²) in [6.45, 7) is 5.45. The fraction of sp³-hybridized carbons (Fsp3) is 0.676. The first kappa shape index (κ1) is 28.7. The summed E-state index contributed by atoms with van der Waals surface area (Å²) >= 11 is 0. The summed E-state index contributed by atoms with van der Waals surface area (Å²) in [4.78, 5) is 4.74. The van der Waals surface area contributed by atoms with E-state index in [1.165, 1.54) is 120 Å². The molecule has 200 valence electrons. The lowest BCUT2D eigenvalue weighted by molar-refractivity contribution is 0.177. The molecule has 3 rings (SSSR count). The number of unbranched alkanes of at least 4 members (excludes halogenated alkanes) is 10. The van der Waals surface area contributed by atoms with Gasteiger partial charge in [0, 0.05) is 11.8 Å². The molecule has 0 unspecified atom stereocenters. The first-order valence-corrected chi connectivity index (χ1v) is 15.5. The first-order valence-electron chi connectivity index (χ1n) is 15.5. The third-order valence-corrected chi connectivity index (χ3v) is 8.21. The van der Waals surface area contributed by atoms with E-state index in [0.717, 1.165) is 36.3 Å². The molecule has 1 aromatic heterocycles. The molecule has 2 aromatic rings. The van der Waals surface area contributed by atoms with E-state index in [2.05, 4.69) is 56.4 Å². The van der Waals surface area contributed by atoms with E-state index >= 15 is 0 Å². The van der Waals surface area contributed by atoms with Crippen molar-refractivity contribution >= 4 is 0 Å². The fourth-order valence-electron chi connectivity index (χ4n) is 5.69. The zero-order chi connectivity index (χ0) is 25.3. The monoisotopic (exact) mass is 491 g/mol. The van der Waals surface area contributed by atoms with Gasteiger partial charge in [-0.3, -0.25) is 4.98 Å². The van der Waals surface area contributed by atoms with Gasteiger partial charge in [0.2, 0.25) is 0 Å². The molecule has 0 aliphatic heterocycles. The minimum Gasteiger partial charge on any atom is -0.493 e. The first-order chi connectivity index (χ1) is 17.8. The Bertz CT molecular complexity index is 789. The van der Waals surface area contributed by atoms with Gasteiger partial charge in [-0.1, -0.05) is 110 Å². The zero-order valence-electron chi connectivity index (χ0n) is 23.5. The van der Waals surface area contributed by atoms with E-state index < -0.39 is 0 Å². The molecule has 1 fully saturated rings. The van der Waals surface area contributed by atoms with Gasteiger partial charge in [-0.2, -0.15) is 0 Å². The summed E-state index contributed by atoms with van der Waals surface area (Å²) in [5.74, 6) is 2.69. The molecule has 1 saturated carbocycles. The van der Waals surface area contributed by atoms with Crippen molar-refractivity contribution in [2.24, 2.45) is 11.8 Å². The minimum absolute atomic E-state index is 0.728. The number of benzene rings is 1. The summed E-state index contributed by atoms with van der Waals surface area (Å²) < 4.78 is 6.18. The Morgan fingerprint density at radius 2 is 1.28 bits per heavy atom. The van der Waals surface area contributed by atoms with Crippen LogP contribution in [0.5, 0.6) is 5.75 Å². The number of hydrogen-bond donors (Lipinski definition) is 0. The molecule has 0 atom stereocenters. The smallest absolute Gasteiger partial charge is 0.119 e. The maximum absolute atomic E-state index is 6.18. The van der Waals surface area contributed by atoms with Crippen molar-refractivity contribution in [1.29, 1.82) is 0 Å². The van der Waals surface area contributed by atoms with Gasteiger partial charge in [0.25, 0.3) is 0 Å². The highest BCUT2D eigenvalue weighted by molar-refractivity contribution is 5.60. The Hall–Kier alpha value is -1.83. The molecule has 0 spiro atoms. The maximum Gasteiger partial charge on any atom is 0.119 e. The van der Waals surface area contributed by atoms with Gasteiger partial charge in [-0.05, 0) is 73.4 Å². The number of aryl methyl sites for hydroxylation is 1. The van der Waals surface area contributed by atoms with Crippen molar-refractivity contribution in [3.63, 3.8) is 0 Å². The maximum atomic E-state index is 6.18. The SMILES string of the molecule is CCCCCCCCCc1ccc(-c2ccc(OC[C@H]3CC[C@H](CCCCCCC)CC3)cc2)nc1. The summed E-state index contributed by atoms with van der Waals surface area (Å²) in [6, 6.07) is 13.0. The lowest BCUT2D eigenvalue weighted by atomic mass is 9.80. The van der Waals surface area contributed by atoms with Crippen LogP contribution in [0.2, 0.25) is 0 Å². The minimum atomic E-state index is 0.728. The van der Waals surface area contributed by atoms with Crippen LogP contribution < -0.4 is 4.74 Å². The molecule has 0 saturated heterocycles. The highest BCUT2D eigenvalue weighted by Crippen LogP contribution is 2.32. The van der Waals surface area contributed by atoms with Crippen LogP contribution in [-0.4, -0.2) is 11.6 Å². The van der Waals surface area contributed by atoms with Crippen LogP contribution in [0.4, 0.5) is 0 Å². The topological polar surface area (TPSA) is 22.1 Å². The lowest BCUT2D eigenvalue weighted by Gasteiger charge is -2.28. The fourth-order valence-corrected chi connectivity index (χ4v) is 5.69. The molecule has 2 nitrogen and oxygen atoms in total. The summed E-state index contributed by atoms with van der Waals surface area (Å²) in [7, 11) is 0. The van der Waals surface area contributed by atoms with Crippen LogP contribution in [0.15, 0.2) is 42.6 Å². The molecule has 1 aliphatic carbocycles. The molecule has 0 radical (unpaired) electrons. The molecule has 1 aromatic carbocycles.